The first-order valence-corrected chi connectivity index (χ1v) is 6.74. The van der Waals surface area contributed by atoms with Gasteiger partial charge in [-0.2, -0.15) is 9.98 Å². The molecule has 1 amide bonds. The molecule has 0 radical (unpaired) electrons. The van der Waals surface area contributed by atoms with Crippen molar-refractivity contribution in [1.29, 1.82) is 5.26 Å². The zero-order chi connectivity index (χ0) is 14.6. The zero-order valence-corrected chi connectivity index (χ0v) is 11.1. The topological polar surface area (TPSA) is 99.1 Å². The molecular weight excluding hydrogens is 273 g/mol. The summed E-state index contributed by atoms with van der Waals surface area (Å²) in [6, 6.07) is 3.71. The Labute approximate surface area is 110 Å². The van der Waals surface area contributed by atoms with E-state index in [0.29, 0.717) is 0 Å². The van der Waals surface area contributed by atoms with Crippen LogP contribution in [0.5, 0.6) is 0 Å². The van der Waals surface area contributed by atoms with Crippen molar-refractivity contribution in [3.63, 3.8) is 0 Å². The van der Waals surface area contributed by atoms with Crippen LogP contribution in [0.1, 0.15) is 12.5 Å². The van der Waals surface area contributed by atoms with E-state index < -0.39 is 38.2 Å². The fraction of sp³-hybridized carbons (Fsp3) is 0.273. The molecule has 19 heavy (non-hydrogen) atoms. The second kappa shape index (κ2) is 5.77. The fourth-order valence-electron chi connectivity index (χ4n) is 1.40. The second-order valence-corrected chi connectivity index (χ2v) is 5.36. The lowest BCUT2D eigenvalue weighted by molar-refractivity contribution is -0.121. The van der Waals surface area contributed by atoms with E-state index in [2.05, 4.69) is 10.0 Å². The van der Waals surface area contributed by atoms with Gasteiger partial charge in [0.1, 0.15) is 22.3 Å². The fourth-order valence-corrected chi connectivity index (χ4v) is 2.77. The van der Waals surface area contributed by atoms with Crippen LogP contribution in [0.3, 0.4) is 0 Å². The third-order valence-electron chi connectivity index (χ3n) is 2.35. The molecule has 1 rings (SSSR count). The monoisotopic (exact) mass is 285 g/mol. The van der Waals surface area contributed by atoms with Crippen molar-refractivity contribution >= 4 is 15.9 Å². The molecule has 1 unspecified atom stereocenters. The third-order valence-corrected chi connectivity index (χ3v) is 3.93. The number of benzene rings is 1. The maximum atomic E-state index is 13.3. The van der Waals surface area contributed by atoms with Gasteiger partial charge in [-0.15, -0.1) is 0 Å². The van der Waals surface area contributed by atoms with E-state index in [4.69, 9.17) is 5.26 Å². The molecule has 0 spiro atoms. The average Bonchev–Trinajstić information content (AvgIpc) is 2.36. The number of nitrogens with zero attached hydrogens (tertiary/aromatic N) is 1. The van der Waals surface area contributed by atoms with Gasteiger partial charge in [0.2, 0.25) is 15.9 Å². The predicted octanol–water partition coefficient (Wildman–Crippen LogP) is 0.110. The smallest absolute Gasteiger partial charge is 0.242 e. The Morgan fingerprint density at radius 2 is 2.11 bits per heavy atom. The summed E-state index contributed by atoms with van der Waals surface area (Å²) in [4.78, 5) is 10.8. The molecule has 0 saturated carbocycles. The minimum Gasteiger partial charge on any atom is -0.358 e. The Morgan fingerprint density at radius 3 is 2.63 bits per heavy atom. The summed E-state index contributed by atoms with van der Waals surface area (Å²) in [5.41, 5.74) is -0.584. The number of halogens is 1. The molecule has 0 bridgehead atoms. The quantitative estimate of drug-likeness (QED) is 0.820. The average molecular weight is 285 g/mol. The van der Waals surface area contributed by atoms with Crippen molar-refractivity contribution < 1.29 is 17.6 Å². The number of nitriles is 1. The maximum Gasteiger partial charge on any atom is 0.242 e. The van der Waals surface area contributed by atoms with Gasteiger partial charge in [0.25, 0.3) is 0 Å². The number of rotatable bonds is 4. The van der Waals surface area contributed by atoms with Crippen LogP contribution in [0.2, 0.25) is 0 Å². The van der Waals surface area contributed by atoms with Gasteiger partial charge in [-0.25, -0.2) is 12.8 Å². The number of amides is 1. The number of hydrogen-bond donors (Lipinski definition) is 2. The van der Waals surface area contributed by atoms with Crippen LogP contribution in [0.25, 0.3) is 0 Å². The summed E-state index contributed by atoms with van der Waals surface area (Å²) in [6.07, 6.45) is 0. The lowest BCUT2D eigenvalue weighted by Gasteiger charge is -2.13. The van der Waals surface area contributed by atoms with E-state index in [9.17, 15) is 17.6 Å². The van der Waals surface area contributed by atoms with Crippen LogP contribution in [0.15, 0.2) is 23.1 Å². The number of carbonyl (C=O) groups excluding carboxylic acids is 1. The lowest BCUT2D eigenvalue weighted by atomic mass is 10.2. The van der Waals surface area contributed by atoms with Gasteiger partial charge in [0.15, 0.2) is 0 Å². The molecule has 2 N–H and O–H groups in total. The minimum absolute atomic E-state index is 0.495. The van der Waals surface area contributed by atoms with Gasteiger partial charge in [-0.1, -0.05) is 6.07 Å². The van der Waals surface area contributed by atoms with Crippen molar-refractivity contribution in [2.75, 3.05) is 7.05 Å². The molecule has 1 aromatic carbocycles. The highest BCUT2D eigenvalue weighted by Gasteiger charge is 2.25. The molecule has 102 valence electrons. The predicted molar refractivity (Wildman–Crippen MR) is 65.0 cm³/mol. The van der Waals surface area contributed by atoms with E-state index >= 15 is 0 Å². The molecule has 0 aliphatic carbocycles. The van der Waals surface area contributed by atoms with Crippen LogP contribution in [-0.2, 0) is 14.8 Å². The summed E-state index contributed by atoms with van der Waals surface area (Å²) < 4.78 is 39.4. The lowest BCUT2D eigenvalue weighted by Crippen LogP contribution is -2.43. The summed E-state index contributed by atoms with van der Waals surface area (Å²) in [5, 5.41) is 11.1. The minimum atomic E-state index is -4.15. The van der Waals surface area contributed by atoms with E-state index in [0.717, 1.165) is 12.1 Å². The molecule has 0 fully saturated rings. The normalized spacial score (nSPS) is 12.5. The highest BCUT2D eigenvalue weighted by molar-refractivity contribution is 7.89. The van der Waals surface area contributed by atoms with Crippen LogP contribution in [0.4, 0.5) is 4.39 Å². The molecule has 0 saturated heterocycles. The van der Waals surface area contributed by atoms with Crippen LogP contribution in [0, 0.1) is 17.1 Å². The van der Waals surface area contributed by atoms with Gasteiger partial charge in [0.05, 0.1) is 6.04 Å². The van der Waals surface area contributed by atoms with Gasteiger partial charge >= 0.3 is 0 Å². The highest BCUT2D eigenvalue weighted by Crippen LogP contribution is 2.18. The Kier molecular flexibility index (Phi) is 4.58. The SMILES string of the molecule is CNC(=O)C(C)NS(=O)(=O)c1cccc(F)c1C#N. The number of nitrogens with one attached hydrogen (secondary N) is 2. The molecule has 1 atom stereocenters. The number of likely N-dealkylation sites (N-methyl/N-ethyl adjacent to an activating group) is 1. The molecule has 0 aliphatic rings. The van der Waals surface area contributed by atoms with Crippen molar-refractivity contribution in [3.8, 4) is 6.07 Å². The number of hydrogen-bond acceptors (Lipinski definition) is 4. The molecule has 1 aromatic rings. The van der Waals surface area contributed by atoms with Gasteiger partial charge < -0.3 is 5.32 Å². The highest BCUT2D eigenvalue weighted by atomic mass is 32.2. The zero-order valence-electron chi connectivity index (χ0n) is 10.3. The molecule has 0 heterocycles. The van der Waals surface area contributed by atoms with E-state index in [1.54, 1.807) is 0 Å². The van der Waals surface area contributed by atoms with Crippen LogP contribution in [-0.4, -0.2) is 27.4 Å². The van der Waals surface area contributed by atoms with Crippen molar-refractivity contribution in [2.45, 2.75) is 17.9 Å². The summed E-state index contributed by atoms with van der Waals surface area (Å²) in [7, 11) is -2.80. The molecule has 0 aliphatic heterocycles. The summed E-state index contributed by atoms with van der Waals surface area (Å²) >= 11 is 0. The van der Waals surface area contributed by atoms with Crippen molar-refractivity contribution in [1.82, 2.24) is 10.0 Å². The van der Waals surface area contributed by atoms with Gasteiger partial charge in [-0.05, 0) is 19.1 Å². The largest absolute Gasteiger partial charge is 0.358 e. The summed E-state index contributed by atoms with van der Waals surface area (Å²) in [6.45, 7) is 1.34. The number of sulfonamides is 1. The Hall–Kier alpha value is -1.98. The Morgan fingerprint density at radius 1 is 1.47 bits per heavy atom. The van der Waals surface area contributed by atoms with E-state index in [-0.39, 0.29) is 0 Å². The standard InChI is InChI=1S/C11H12FN3O3S/c1-7(11(16)14-2)15-19(17,18)10-5-3-4-9(12)8(10)6-13/h3-5,7,15H,1-2H3,(H,14,16). The van der Waals surface area contributed by atoms with E-state index in [1.807, 2.05) is 0 Å². The summed E-state index contributed by atoms with van der Waals surface area (Å²) in [5.74, 6) is -1.48. The van der Waals surface area contributed by atoms with Crippen LogP contribution >= 0.6 is 0 Å². The number of carbonyl (C=O) groups is 1. The Bertz CT molecular complexity index is 637. The maximum absolute atomic E-state index is 13.3. The van der Waals surface area contributed by atoms with Crippen molar-refractivity contribution in [2.24, 2.45) is 0 Å². The van der Waals surface area contributed by atoms with E-state index in [1.165, 1.54) is 26.1 Å². The first-order chi connectivity index (χ1) is 8.83. The first kappa shape index (κ1) is 15.1. The van der Waals surface area contributed by atoms with Crippen molar-refractivity contribution in [3.05, 3.63) is 29.6 Å². The Balaban J connectivity index is 3.19. The first-order valence-electron chi connectivity index (χ1n) is 5.26. The molecular formula is C11H12FN3O3S. The molecule has 0 aromatic heterocycles. The van der Waals surface area contributed by atoms with Gasteiger partial charge in [0, 0.05) is 7.05 Å². The third kappa shape index (κ3) is 3.27. The van der Waals surface area contributed by atoms with Gasteiger partial charge in [-0.3, -0.25) is 4.79 Å². The molecule has 8 heteroatoms. The molecule has 6 nitrogen and oxygen atoms in total. The van der Waals surface area contributed by atoms with Crippen LogP contribution < -0.4 is 10.0 Å². The second-order valence-electron chi connectivity index (χ2n) is 3.68.